The number of aromatic nitrogens is 4. The van der Waals surface area contributed by atoms with E-state index in [1.165, 1.54) is 17.3 Å². The van der Waals surface area contributed by atoms with E-state index in [9.17, 15) is 0 Å². The van der Waals surface area contributed by atoms with Gasteiger partial charge in [-0.05, 0) is 36.2 Å². The van der Waals surface area contributed by atoms with Gasteiger partial charge < -0.3 is 14.0 Å². The summed E-state index contributed by atoms with van der Waals surface area (Å²) in [5.41, 5.74) is 3.96. The van der Waals surface area contributed by atoms with Crippen LogP contribution in [0.4, 0.5) is 0 Å². The molecule has 0 spiro atoms. The first kappa shape index (κ1) is 20.9. The molecule has 0 fully saturated rings. The molecule has 4 aromatic rings. The fourth-order valence-corrected chi connectivity index (χ4v) is 3.62. The Balaban J connectivity index is 1.41. The first-order valence-corrected chi connectivity index (χ1v) is 10.8. The van der Waals surface area contributed by atoms with Gasteiger partial charge in [-0.25, -0.2) is 0 Å². The molecule has 0 unspecified atom stereocenters. The van der Waals surface area contributed by atoms with Gasteiger partial charge in [-0.2, -0.15) is 4.98 Å². The molecule has 2 aromatic heterocycles. The maximum Gasteiger partial charge on any atom is 0.237 e. The predicted molar refractivity (Wildman–Crippen MR) is 119 cm³/mol. The lowest BCUT2D eigenvalue weighted by molar-refractivity contribution is 0.390. The normalized spacial score (nSPS) is 10.8. The number of thioether (sulfide) groups is 1. The van der Waals surface area contributed by atoms with Gasteiger partial charge in [0.25, 0.3) is 0 Å². The number of hydrogen-bond acceptors (Lipinski definition) is 8. The predicted octanol–water partition coefficient (Wildman–Crippen LogP) is 5.07. The van der Waals surface area contributed by atoms with Crippen LogP contribution in [0.5, 0.6) is 11.5 Å². The number of methoxy groups -OCH3 is 2. The molecule has 0 N–H and O–H groups in total. The van der Waals surface area contributed by atoms with Crippen molar-refractivity contribution in [2.45, 2.75) is 24.1 Å². The third-order valence-corrected chi connectivity index (χ3v) is 5.62. The number of nitrogens with zero attached hydrogens (tertiary/aromatic N) is 4. The molecular weight excluding hydrogens is 412 g/mol. The highest BCUT2D eigenvalue weighted by molar-refractivity contribution is 7.98. The molecule has 8 heteroatoms. The topological polar surface area (TPSA) is 83.2 Å². The number of aryl methyl sites for hydroxylation is 1. The summed E-state index contributed by atoms with van der Waals surface area (Å²) in [5.74, 6) is 2.80. The highest BCUT2D eigenvalue weighted by Gasteiger charge is 2.12. The summed E-state index contributed by atoms with van der Waals surface area (Å²) in [5, 5.41) is 13.5. The van der Waals surface area contributed by atoms with E-state index >= 15 is 0 Å². The molecule has 2 aromatic carbocycles. The molecule has 0 aliphatic heterocycles. The quantitative estimate of drug-likeness (QED) is 0.356. The van der Waals surface area contributed by atoms with E-state index < -0.39 is 0 Å². The van der Waals surface area contributed by atoms with Crippen molar-refractivity contribution in [3.05, 3.63) is 66.1 Å². The van der Waals surface area contributed by atoms with Crippen LogP contribution in [-0.4, -0.2) is 34.6 Å². The van der Waals surface area contributed by atoms with Crippen LogP contribution in [0, 0.1) is 0 Å². The molecule has 0 saturated heterocycles. The molecule has 158 valence electrons. The summed E-state index contributed by atoms with van der Waals surface area (Å²) in [6, 6.07) is 17.8. The Morgan fingerprint density at radius 1 is 0.871 bits per heavy atom. The Hall–Kier alpha value is -3.39. The summed E-state index contributed by atoms with van der Waals surface area (Å²) in [7, 11) is 3.20. The third-order valence-electron chi connectivity index (χ3n) is 4.72. The largest absolute Gasteiger partial charge is 0.497 e. The van der Waals surface area contributed by atoms with Crippen molar-refractivity contribution in [3.63, 3.8) is 0 Å². The van der Waals surface area contributed by atoms with E-state index in [1.54, 1.807) is 20.3 Å². The Morgan fingerprint density at radius 2 is 1.61 bits per heavy atom. The number of benzene rings is 2. The zero-order chi connectivity index (χ0) is 21.6. The average molecular weight is 435 g/mol. The van der Waals surface area contributed by atoms with Crippen molar-refractivity contribution in [3.8, 4) is 34.1 Å². The lowest BCUT2D eigenvalue weighted by Crippen LogP contribution is -1.91. The van der Waals surface area contributed by atoms with E-state index in [0.717, 1.165) is 28.3 Å². The molecule has 0 radical (unpaired) electrons. The van der Waals surface area contributed by atoms with Crippen molar-refractivity contribution in [2.75, 3.05) is 14.2 Å². The molecule has 4 rings (SSSR count). The van der Waals surface area contributed by atoms with Crippen molar-refractivity contribution < 1.29 is 14.0 Å². The number of ether oxygens (including phenoxy) is 2. The van der Waals surface area contributed by atoms with Gasteiger partial charge in [0, 0.05) is 17.2 Å². The molecule has 7 nitrogen and oxygen atoms in total. The Labute approximate surface area is 184 Å². The van der Waals surface area contributed by atoms with Gasteiger partial charge in [0.2, 0.25) is 11.7 Å². The lowest BCUT2D eigenvalue weighted by Gasteiger charge is -2.05. The maximum absolute atomic E-state index is 5.39. The van der Waals surface area contributed by atoms with Crippen molar-refractivity contribution in [1.29, 1.82) is 0 Å². The minimum atomic E-state index is 0.477. The molecule has 0 aliphatic rings. The zero-order valence-corrected chi connectivity index (χ0v) is 18.3. The molecule has 0 bridgehead atoms. The average Bonchev–Trinajstić information content (AvgIpc) is 3.32. The third kappa shape index (κ3) is 5.03. The molecule has 31 heavy (non-hydrogen) atoms. The standard InChI is InChI=1S/C23H22N4O3S/c1-4-15-5-7-16(8-6-15)20-9-10-22(26-25-20)31-14-21-24-23(27-30-21)17-11-18(28-2)13-19(12-17)29-3/h5-13H,4,14H2,1-3H3. The van der Waals surface area contributed by atoms with Crippen molar-refractivity contribution in [2.24, 2.45) is 0 Å². The van der Waals surface area contributed by atoms with Crippen LogP contribution in [0.25, 0.3) is 22.6 Å². The van der Waals surface area contributed by atoms with Crippen LogP contribution < -0.4 is 9.47 Å². The first-order chi connectivity index (χ1) is 15.2. The molecule has 2 heterocycles. The minimum absolute atomic E-state index is 0.477. The van der Waals surface area contributed by atoms with Gasteiger partial charge in [0.05, 0.1) is 25.7 Å². The highest BCUT2D eigenvalue weighted by Crippen LogP contribution is 2.29. The maximum atomic E-state index is 5.39. The Kier molecular flexibility index (Phi) is 6.47. The van der Waals surface area contributed by atoms with Gasteiger partial charge in [0.1, 0.15) is 16.5 Å². The van der Waals surface area contributed by atoms with E-state index in [0.29, 0.717) is 29.0 Å². The summed E-state index contributed by atoms with van der Waals surface area (Å²) < 4.78 is 16.0. The fraction of sp³-hybridized carbons (Fsp3) is 0.217. The van der Waals surface area contributed by atoms with Crippen LogP contribution >= 0.6 is 11.8 Å². The number of hydrogen-bond donors (Lipinski definition) is 0. The second-order valence-corrected chi connectivity index (χ2v) is 7.70. The van der Waals surface area contributed by atoms with E-state index in [2.05, 4.69) is 51.5 Å². The summed E-state index contributed by atoms with van der Waals surface area (Å²) in [4.78, 5) is 4.47. The fourth-order valence-electron chi connectivity index (χ4n) is 2.97. The van der Waals surface area contributed by atoms with Crippen molar-refractivity contribution in [1.82, 2.24) is 20.3 Å². The first-order valence-electron chi connectivity index (χ1n) is 9.80. The second-order valence-electron chi connectivity index (χ2n) is 6.71. The van der Waals surface area contributed by atoms with Gasteiger partial charge in [0.15, 0.2) is 0 Å². The summed E-state index contributed by atoms with van der Waals surface area (Å²) in [6.07, 6.45) is 1.02. The Bertz CT molecular complexity index is 1120. The smallest absolute Gasteiger partial charge is 0.237 e. The summed E-state index contributed by atoms with van der Waals surface area (Å²) >= 11 is 1.49. The van der Waals surface area contributed by atoms with Crippen LogP contribution in [-0.2, 0) is 12.2 Å². The second kappa shape index (κ2) is 9.61. The molecule has 0 saturated carbocycles. The van der Waals surface area contributed by atoms with E-state index in [-0.39, 0.29) is 0 Å². The number of rotatable bonds is 8. The van der Waals surface area contributed by atoms with E-state index in [1.807, 2.05) is 24.3 Å². The van der Waals surface area contributed by atoms with Gasteiger partial charge in [-0.1, -0.05) is 48.1 Å². The van der Waals surface area contributed by atoms with Gasteiger partial charge in [-0.15, -0.1) is 10.2 Å². The monoisotopic (exact) mass is 434 g/mol. The minimum Gasteiger partial charge on any atom is -0.497 e. The SMILES string of the molecule is CCc1ccc(-c2ccc(SCc3nc(-c4cc(OC)cc(OC)c4)no3)nn2)cc1. The summed E-state index contributed by atoms with van der Waals surface area (Å²) in [6.45, 7) is 2.14. The van der Waals surface area contributed by atoms with E-state index in [4.69, 9.17) is 14.0 Å². The van der Waals surface area contributed by atoms with Gasteiger partial charge in [-0.3, -0.25) is 0 Å². The van der Waals surface area contributed by atoms with Crippen LogP contribution in [0.1, 0.15) is 18.4 Å². The van der Waals surface area contributed by atoms with Gasteiger partial charge >= 0.3 is 0 Å². The zero-order valence-electron chi connectivity index (χ0n) is 17.5. The molecule has 0 atom stereocenters. The molecule has 0 aliphatic carbocycles. The molecular formula is C23H22N4O3S. The van der Waals surface area contributed by atoms with Crippen LogP contribution in [0.15, 0.2) is 64.1 Å². The molecule has 0 amide bonds. The highest BCUT2D eigenvalue weighted by atomic mass is 32.2. The van der Waals surface area contributed by atoms with Crippen LogP contribution in [0.2, 0.25) is 0 Å². The van der Waals surface area contributed by atoms with Crippen molar-refractivity contribution >= 4 is 11.8 Å². The Morgan fingerprint density at radius 3 is 2.23 bits per heavy atom. The van der Waals surface area contributed by atoms with Crippen LogP contribution in [0.3, 0.4) is 0 Å². The lowest BCUT2D eigenvalue weighted by atomic mass is 10.1.